The summed E-state index contributed by atoms with van der Waals surface area (Å²) in [6, 6.07) is 0. The summed E-state index contributed by atoms with van der Waals surface area (Å²) >= 11 is 0. The molecular weight excluding hydrogens is 281 g/mol. The number of methoxy groups -OCH3 is 1. The van der Waals surface area contributed by atoms with E-state index in [4.69, 9.17) is 4.74 Å². The van der Waals surface area contributed by atoms with Crippen LogP contribution in [0.1, 0.15) is 19.8 Å². The molecule has 2 atom stereocenters. The third-order valence-electron chi connectivity index (χ3n) is 3.04. The smallest absolute Gasteiger partial charge is 0.463 e. The number of hydrogen-bond acceptors (Lipinski definition) is 4. The highest BCUT2D eigenvalue weighted by atomic mass is 19.4. The van der Waals surface area contributed by atoms with Crippen LogP contribution in [0.2, 0.25) is 0 Å². The Morgan fingerprint density at radius 2 is 2.10 bits per heavy atom. The van der Waals surface area contributed by atoms with Crippen LogP contribution in [0.15, 0.2) is 0 Å². The largest absolute Gasteiger partial charge is 0.478 e. The summed E-state index contributed by atoms with van der Waals surface area (Å²) in [6.07, 6.45) is -4.00. The van der Waals surface area contributed by atoms with E-state index in [-0.39, 0.29) is 12.6 Å². The van der Waals surface area contributed by atoms with Crippen LogP contribution in [-0.4, -0.2) is 50.1 Å². The number of rotatable bonds is 5. The number of halogens is 3. The zero-order valence-electron chi connectivity index (χ0n) is 11.3. The average Bonchev–Trinajstić information content (AvgIpc) is 2.84. The Labute approximate surface area is 114 Å². The number of nitrogens with one attached hydrogen (secondary N) is 1. The van der Waals surface area contributed by atoms with Gasteiger partial charge in [-0.25, -0.2) is 4.79 Å². The SMILES string of the molecule is COC(=O)C(NC(C)=O)([NH2+]CC1CCCO1)C(F)(F)F. The van der Waals surface area contributed by atoms with Gasteiger partial charge in [0.15, 0.2) is 0 Å². The maximum atomic E-state index is 13.3. The molecule has 0 aromatic heterocycles. The molecule has 9 heteroatoms. The lowest BCUT2D eigenvalue weighted by atomic mass is 10.1. The van der Waals surface area contributed by atoms with Crippen molar-refractivity contribution in [2.45, 2.75) is 37.7 Å². The fourth-order valence-electron chi connectivity index (χ4n) is 2.06. The van der Waals surface area contributed by atoms with E-state index in [0.29, 0.717) is 13.0 Å². The van der Waals surface area contributed by atoms with Gasteiger partial charge in [-0.15, -0.1) is 0 Å². The van der Waals surface area contributed by atoms with Gasteiger partial charge >= 0.3 is 17.8 Å². The van der Waals surface area contributed by atoms with Gasteiger partial charge in [-0.1, -0.05) is 0 Å². The van der Waals surface area contributed by atoms with Gasteiger partial charge in [0, 0.05) is 13.5 Å². The van der Waals surface area contributed by atoms with Crippen molar-refractivity contribution in [3.05, 3.63) is 0 Å². The van der Waals surface area contributed by atoms with E-state index < -0.39 is 23.7 Å². The number of quaternary nitrogens is 1. The molecule has 1 saturated heterocycles. The molecule has 1 heterocycles. The monoisotopic (exact) mass is 299 g/mol. The number of ether oxygens (including phenoxy) is 2. The Kier molecular flexibility index (Phi) is 5.35. The van der Waals surface area contributed by atoms with Crippen molar-refractivity contribution in [3.8, 4) is 0 Å². The number of hydrogen-bond donors (Lipinski definition) is 2. The van der Waals surface area contributed by atoms with E-state index in [2.05, 4.69) is 4.74 Å². The fourth-order valence-corrected chi connectivity index (χ4v) is 2.06. The van der Waals surface area contributed by atoms with Gasteiger partial charge < -0.3 is 14.8 Å². The van der Waals surface area contributed by atoms with Gasteiger partial charge in [0.05, 0.1) is 7.11 Å². The number of esters is 1. The summed E-state index contributed by atoms with van der Waals surface area (Å²) in [5, 5.41) is 2.38. The van der Waals surface area contributed by atoms with E-state index in [0.717, 1.165) is 25.8 Å². The van der Waals surface area contributed by atoms with Crippen LogP contribution in [0.25, 0.3) is 0 Å². The first-order valence-corrected chi connectivity index (χ1v) is 6.13. The second kappa shape index (κ2) is 6.40. The van der Waals surface area contributed by atoms with Gasteiger partial charge in [-0.3, -0.25) is 10.1 Å². The summed E-state index contributed by atoms with van der Waals surface area (Å²) in [6.45, 7) is 1.29. The number of amides is 1. The topological polar surface area (TPSA) is 81.2 Å². The lowest BCUT2D eigenvalue weighted by Crippen LogP contribution is -3.07. The maximum Gasteiger partial charge on any atom is 0.478 e. The lowest BCUT2D eigenvalue weighted by Gasteiger charge is -2.31. The first-order valence-electron chi connectivity index (χ1n) is 6.13. The van der Waals surface area contributed by atoms with E-state index in [9.17, 15) is 22.8 Å². The highest BCUT2D eigenvalue weighted by molar-refractivity contribution is 5.86. The second-order valence-electron chi connectivity index (χ2n) is 4.55. The summed E-state index contributed by atoms with van der Waals surface area (Å²) in [5.74, 6) is -2.55. The van der Waals surface area contributed by atoms with Crippen molar-refractivity contribution in [3.63, 3.8) is 0 Å². The van der Waals surface area contributed by atoms with Crippen LogP contribution in [0, 0.1) is 0 Å². The summed E-state index contributed by atoms with van der Waals surface area (Å²) < 4.78 is 49.2. The van der Waals surface area contributed by atoms with Crippen molar-refractivity contribution in [2.24, 2.45) is 0 Å². The molecule has 1 aliphatic rings. The molecule has 116 valence electrons. The molecule has 1 fully saturated rings. The second-order valence-corrected chi connectivity index (χ2v) is 4.55. The van der Waals surface area contributed by atoms with Crippen LogP contribution in [0.4, 0.5) is 13.2 Å². The lowest BCUT2D eigenvalue weighted by molar-refractivity contribution is -0.747. The molecule has 1 amide bonds. The van der Waals surface area contributed by atoms with E-state index in [1.807, 2.05) is 0 Å². The van der Waals surface area contributed by atoms with Crippen LogP contribution < -0.4 is 10.6 Å². The standard InChI is InChI=1S/C11H17F3N2O4/c1-7(17)16-10(9(18)19-2,11(12,13)14)15-6-8-4-3-5-20-8/h8,15H,3-6H2,1-2H3,(H,16,17)/p+1. The number of carbonyl (C=O) groups is 2. The minimum absolute atomic E-state index is 0.102. The summed E-state index contributed by atoms with van der Waals surface area (Å²) in [5.41, 5.74) is -3.14. The molecule has 0 saturated carbocycles. The van der Waals surface area contributed by atoms with Crippen LogP contribution in [0.3, 0.4) is 0 Å². The Balaban J connectivity index is 2.94. The quantitative estimate of drug-likeness (QED) is 0.519. The molecule has 0 radical (unpaired) electrons. The molecule has 6 nitrogen and oxygen atoms in total. The molecule has 0 aromatic carbocycles. The third-order valence-corrected chi connectivity index (χ3v) is 3.04. The first kappa shape index (κ1) is 16.7. The summed E-state index contributed by atoms with van der Waals surface area (Å²) in [7, 11) is 0.838. The molecule has 3 N–H and O–H groups in total. The van der Waals surface area contributed by atoms with Gasteiger partial charge in [0.2, 0.25) is 5.91 Å². The Morgan fingerprint density at radius 3 is 2.50 bits per heavy atom. The summed E-state index contributed by atoms with van der Waals surface area (Å²) in [4.78, 5) is 22.6. The van der Waals surface area contributed by atoms with Crippen LogP contribution in [-0.2, 0) is 19.1 Å². The fraction of sp³-hybridized carbons (Fsp3) is 0.818. The predicted molar refractivity (Wildman–Crippen MR) is 60.4 cm³/mol. The number of alkyl halides is 3. The molecular formula is C11H18F3N2O4+. The van der Waals surface area contributed by atoms with Crippen molar-refractivity contribution in [1.29, 1.82) is 0 Å². The highest BCUT2D eigenvalue weighted by Gasteiger charge is 2.67. The van der Waals surface area contributed by atoms with Crippen molar-refractivity contribution < 1.29 is 37.6 Å². The van der Waals surface area contributed by atoms with Gasteiger partial charge in [-0.2, -0.15) is 13.2 Å². The minimum Gasteiger partial charge on any atom is -0.463 e. The molecule has 2 unspecified atom stereocenters. The third kappa shape index (κ3) is 3.60. The zero-order valence-corrected chi connectivity index (χ0v) is 11.3. The highest BCUT2D eigenvalue weighted by Crippen LogP contribution is 2.26. The van der Waals surface area contributed by atoms with Crippen molar-refractivity contribution in [2.75, 3.05) is 20.3 Å². The van der Waals surface area contributed by atoms with Gasteiger partial charge in [0.1, 0.15) is 12.6 Å². The zero-order chi connectivity index (χ0) is 15.4. The van der Waals surface area contributed by atoms with Crippen molar-refractivity contribution in [1.82, 2.24) is 5.32 Å². The van der Waals surface area contributed by atoms with Crippen LogP contribution >= 0.6 is 0 Å². The maximum absolute atomic E-state index is 13.3. The van der Waals surface area contributed by atoms with Crippen LogP contribution in [0.5, 0.6) is 0 Å². The van der Waals surface area contributed by atoms with E-state index in [1.54, 1.807) is 5.32 Å². The number of carbonyl (C=O) groups excluding carboxylic acids is 2. The Morgan fingerprint density at radius 1 is 1.45 bits per heavy atom. The van der Waals surface area contributed by atoms with Crippen molar-refractivity contribution >= 4 is 11.9 Å². The predicted octanol–water partition coefficient (Wildman–Crippen LogP) is -0.703. The van der Waals surface area contributed by atoms with E-state index in [1.165, 1.54) is 0 Å². The molecule has 0 spiro atoms. The first-order chi connectivity index (χ1) is 9.23. The average molecular weight is 299 g/mol. The Hall–Kier alpha value is -1.35. The van der Waals surface area contributed by atoms with Gasteiger partial charge in [-0.05, 0) is 12.8 Å². The van der Waals surface area contributed by atoms with E-state index >= 15 is 0 Å². The molecule has 1 aliphatic heterocycles. The molecule has 0 aromatic rings. The normalized spacial score (nSPS) is 22.1. The molecule has 0 aliphatic carbocycles. The molecule has 1 rings (SSSR count). The Bertz CT molecular complexity index is 369. The molecule has 0 bridgehead atoms. The molecule has 20 heavy (non-hydrogen) atoms. The minimum atomic E-state index is -5.00. The van der Waals surface area contributed by atoms with Gasteiger partial charge in [0.25, 0.3) is 0 Å². The number of nitrogens with two attached hydrogens (primary N) is 1.